The van der Waals surface area contributed by atoms with Crippen LogP contribution in [-0.2, 0) is 0 Å². The van der Waals surface area contributed by atoms with E-state index in [1.807, 2.05) is 17.8 Å². The molecule has 1 N–H and O–H groups in total. The van der Waals surface area contributed by atoms with Crippen LogP contribution in [0.2, 0.25) is 0 Å². The van der Waals surface area contributed by atoms with Gasteiger partial charge >= 0.3 is 0 Å². The van der Waals surface area contributed by atoms with Crippen molar-refractivity contribution in [2.75, 3.05) is 19.4 Å². The van der Waals surface area contributed by atoms with Gasteiger partial charge in [0.1, 0.15) is 5.75 Å². The highest BCUT2D eigenvalue weighted by molar-refractivity contribution is 7.99. The molecule has 1 fully saturated rings. The highest BCUT2D eigenvalue weighted by atomic mass is 32.2. The number of rotatable bonds is 2. The first-order valence-electron chi connectivity index (χ1n) is 5.79. The number of fused-ring (bicyclic) bond motifs is 1. The zero-order chi connectivity index (χ0) is 11.7. The maximum atomic E-state index is 5.24. The number of ether oxygens (including phenoxy) is 1. The Morgan fingerprint density at radius 2 is 2.00 bits per heavy atom. The fraction of sp³-hybridized carbons (Fsp3) is 0.286. The average Bonchev–Trinajstić information content (AvgIpc) is 2.91. The zero-order valence-corrected chi connectivity index (χ0v) is 10.6. The number of benzene rings is 2. The van der Waals surface area contributed by atoms with E-state index in [1.54, 1.807) is 7.11 Å². The molecule has 0 amide bonds. The minimum Gasteiger partial charge on any atom is -0.497 e. The van der Waals surface area contributed by atoms with Crippen molar-refractivity contribution in [2.24, 2.45) is 0 Å². The van der Waals surface area contributed by atoms with Crippen molar-refractivity contribution < 1.29 is 4.74 Å². The Labute approximate surface area is 105 Å². The predicted octanol–water partition coefficient (Wildman–Crippen LogP) is 3.18. The third-order valence-corrected chi connectivity index (χ3v) is 4.30. The molecular formula is C14H15NOS. The van der Waals surface area contributed by atoms with Gasteiger partial charge in [0.15, 0.2) is 0 Å². The van der Waals surface area contributed by atoms with E-state index in [0.29, 0.717) is 5.37 Å². The predicted molar refractivity (Wildman–Crippen MR) is 73.7 cm³/mol. The van der Waals surface area contributed by atoms with Gasteiger partial charge in [0.2, 0.25) is 0 Å². The summed E-state index contributed by atoms with van der Waals surface area (Å²) in [5, 5.41) is 6.47. The molecule has 1 aliphatic heterocycles. The molecule has 2 aromatic carbocycles. The Balaban J connectivity index is 2.01. The van der Waals surface area contributed by atoms with Crippen LogP contribution in [0.1, 0.15) is 10.9 Å². The van der Waals surface area contributed by atoms with Crippen molar-refractivity contribution in [2.45, 2.75) is 5.37 Å². The second kappa shape index (κ2) is 4.59. The summed E-state index contributed by atoms with van der Waals surface area (Å²) in [6, 6.07) is 12.9. The summed E-state index contributed by atoms with van der Waals surface area (Å²) in [6.45, 7) is 1.11. The molecule has 0 spiro atoms. The van der Waals surface area contributed by atoms with Gasteiger partial charge in [-0.2, -0.15) is 0 Å². The highest BCUT2D eigenvalue weighted by Gasteiger charge is 2.16. The van der Waals surface area contributed by atoms with E-state index >= 15 is 0 Å². The van der Waals surface area contributed by atoms with Crippen molar-refractivity contribution in [3.63, 3.8) is 0 Å². The van der Waals surface area contributed by atoms with Crippen LogP contribution in [0.3, 0.4) is 0 Å². The standard InChI is InChI=1S/C14H15NOS/c1-16-13-5-4-10-8-12(3-2-11(10)9-13)14-15-6-7-17-14/h2-5,8-9,14-15H,6-7H2,1H3. The van der Waals surface area contributed by atoms with Crippen LogP contribution < -0.4 is 10.1 Å². The van der Waals surface area contributed by atoms with Gasteiger partial charge in [-0.05, 0) is 34.5 Å². The molecule has 0 aromatic heterocycles. The third kappa shape index (κ3) is 2.13. The zero-order valence-electron chi connectivity index (χ0n) is 9.77. The van der Waals surface area contributed by atoms with E-state index in [9.17, 15) is 0 Å². The van der Waals surface area contributed by atoms with Crippen LogP contribution in [0.15, 0.2) is 36.4 Å². The Morgan fingerprint density at radius 1 is 1.18 bits per heavy atom. The first-order chi connectivity index (χ1) is 8.36. The molecule has 1 heterocycles. The molecule has 3 rings (SSSR count). The summed E-state index contributed by atoms with van der Waals surface area (Å²) < 4.78 is 5.24. The molecule has 3 heteroatoms. The number of thioether (sulfide) groups is 1. The first-order valence-corrected chi connectivity index (χ1v) is 6.84. The van der Waals surface area contributed by atoms with Crippen molar-refractivity contribution in [3.05, 3.63) is 42.0 Å². The minimum atomic E-state index is 0.460. The van der Waals surface area contributed by atoms with Crippen LogP contribution in [0.4, 0.5) is 0 Å². The molecule has 88 valence electrons. The lowest BCUT2D eigenvalue weighted by Crippen LogP contribution is -2.11. The van der Waals surface area contributed by atoms with Gasteiger partial charge in [-0.25, -0.2) is 0 Å². The maximum Gasteiger partial charge on any atom is 0.119 e. The number of methoxy groups -OCH3 is 1. The van der Waals surface area contributed by atoms with Gasteiger partial charge in [-0.15, -0.1) is 11.8 Å². The lowest BCUT2D eigenvalue weighted by molar-refractivity contribution is 0.415. The van der Waals surface area contributed by atoms with Crippen LogP contribution in [0, 0.1) is 0 Å². The summed E-state index contributed by atoms with van der Waals surface area (Å²) in [5.74, 6) is 2.12. The summed E-state index contributed by atoms with van der Waals surface area (Å²) in [6.07, 6.45) is 0. The highest BCUT2D eigenvalue weighted by Crippen LogP contribution is 2.32. The largest absolute Gasteiger partial charge is 0.497 e. The summed E-state index contributed by atoms with van der Waals surface area (Å²) in [7, 11) is 1.70. The quantitative estimate of drug-likeness (QED) is 0.878. The van der Waals surface area contributed by atoms with Gasteiger partial charge in [0.25, 0.3) is 0 Å². The SMILES string of the molecule is COc1ccc2cc(C3NCCS3)ccc2c1. The van der Waals surface area contributed by atoms with E-state index < -0.39 is 0 Å². The summed E-state index contributed by atoms with van der Waals surface area (Å²) in [5.41, 5.74) is 1.37. The van der Waals surface area contributed by atoms with Crippen LogP contribution in [-0.4, -0.2) is 19.4 Å². The van der Waals surface area contributed by atoms with Crippen molar-refractivity contribution in [1.82, 2.24) is 5.32 Å². The third-order valence-electron chi connectivity index (χ3n) is 3.09. The molecule has 1 unspecified atom stereocenters. The summed E-state index contributed by atoms with van der Waals surface area (Å²) in [4.78, 5) is 0. The van der Waals surface area contributed by atoms with E-state index in [1.165, 1.54) is 22.1 Å². The average molecular weight is 245 g/mol. The topological polar surface area (TPSA) is 21.3 Å². The molecule has 0 bridgehead atoms. The smallest absolute Gasteiger partial charge is 0.119 e. The number of nitrogens with one attached hydrogen (secondary N) is 1. The molecule has 0 saturated carbocycles. The number of hydrogen-bond acceptors (Lipinski definition) is 3. The molecule has 1 saturated heterocycles. The van der Waals surface area contributed by atoms with E-state index in [2.05, 4.69) is 35.6 Å². The molecule has 17 heavy (non-hydrogen) atoms. The Morgan fingerprint density at radius 3 is 2.76 bits per heavy atom. The van der Waals surface area contributed by atoms with E-state index in [4.69, 9.17) is 4.74 Å². The minimum absolute atomic E-state index is 0.460. The molecule has 1 aliphatic rings. The molecule has 2 nitrogen and oxygen atoms in total. The second-order valence-electron chi connectivity index (χ2n) is 4.18. The molecular weight excluding hydrogens is 230 g/mol. The molecule has 1 atom stereocenters. The van der Waals surface area contributed by atoms with Gasteiger partial charge in [0.05, 0.1) is 12.5 Å². The Hall–Kier alpha value is -1.19. The molecule has 0 aliphatic carbocycles. The lowest BCUT2D eigenvalue weighted by Gasteiger charge is -2.11. The fourth-order valence-electron chi connectivity index (χ4n) is 2.17. The van der Waals surface area contributed by atoms with Crippen molar-refractivity contribution >= 4 is 22.5 Å². The van der Waals surface area contributed by atoms with Gasteiger partial charge in [-0.1, -0.05) is 18.2 Å². The lowest BCUT2D eigenvalue weighted by atomic mass is 10.1. The molecule has 2 aromatic rings. The monoisotopic (exact) mass is 245 g/mol. The van der Waals surface area contributed by atoms with E-state index in [0.717, 1.165) is 12.3 Å². The molecule has 0 radical (unpaired) electrons. The Kier molecular flexibility index (Phi) is 2.95. The Bertz CT molecular complexity index is 535. The van der Waals surface area contributed by atoms with Gasteiger partial charge < -0.3 is 10.1 Å². The van der Waals surface area contributed by atoms with Crippen LogP contribution in [0.25, 0.3) is 10.8 Å². The van der Waals surface area contributed by atoms with E-state index in [-0.39, 0.29) is 0 Å². The van der Waals surface area contributed by atoms with Crippen molar-refractivity contribution in [3.8, 4) is 5.75 Å². The normalized spacial score (nSPS) is 19.7. The van der Waals surface area contributed by atoms with Crippen molar-refractivity contribution in [1.29, 1.82) is 0 Å². The van der Waals surface area contributed by atoms with Crippen LogP contribution >= 0.6 is 11.8 Å². The van der Waals surface area contributed by atoms with Crippen LogP contribution in [0.5, 0.6) is 5.75 Å². The van der Waals surface area contributed by atoms with Gasteiger partial charge in [0, 0.05) is 12.3 Å². The fourth-order valence-corrected chi connectivity index (χ4v) is 3.22. The first kappa shape index (κ1) is 10.9. The summed E-state index contributed by atoms with van der Waals surface area (Å²) >= 11 is 1.98. The van der Waals surface area contributed by atoms with Gasteiger partial charge in [-0.3, -0.25) is 0 Å². The number of hydrogen-bond donors (Lipinski definition) is 1. The maximum absolute atomic E-state index is 5.24. The second-order valence-corrected chi connectivity index (χ2v) is 5.39.